The summed E-state index contributed by atoms with van der Waals surface area (Å²) in [5.74, 6) is 0. The highest BCUT2D eigenvalue weighted by atomic mass is 35.5. The second-order valence-electron chi connectivity index (χ2n) is 6.69. The van der Waals surface area contributed by atoms with E-state index in [2.05, 4.69) is 13.1 Å². The second-order valence-corrected chi connectivity index (χ2v) is 11.5. The molecule has 33 heavy (non-hydrogen) atoms. The Labute approximate surface area is 189 Å². The number of aliphatic hydroxyl groups is 2. The molecule has 2 unspecified atom stereocenters. The highest BCUT2D eigenvalue weighted by Crippen LogP contribution is 2.66. The van der Waals surface area contributed by atoms with Crippen molar-refractivity contribution in [1.82, 2.24) is 4.57 Å². The topological polar surface area (TPSA) is 232 Å². The van der Waals surface area contributed by atoms with E-state index in [0.717, 1.165) is 4.57 Å². The van der Waals surface area contributed by atoms with Crippen molar-refractivity contribution >= 4 is 45.8 Å². The van der Waals surface area contributed by atoms with E-state index in [1.165, 1.54) is 18.3 Å². The van der Waals surface area contributed by atoms with Gasteiger partial charge >= 0.3 is 23.5 Å². The average Bonchev–Trinajstić information content (AvgIpc) is 2.93. The molecular weight excluding hydrogens is 535 g/mol. The van der Waals surface area contributed by atoms with Crippen LogP contribution in [0.1, 0.15) is 6.23 Å². The standard InChI is InChI=1S/C14H17ClNO14P3/c15-8-2-1-7-3-4-16(13(19)9(7)5-8)14-12(18)11(17)10(28-14)6-27-32(23,24)30-33(25,26)29-31(20,21)22/h1-5,10-12,14,17-18H,6H2,(H,23,24)(H,25,26)(H2,20,21,22)/t10-,11-,12-,14-/m1/s1. The Kier molecular flexibility index (Phi) is 7.72. The van der Waals surface area contributed by atoms with Crippen molar-refractivity contribution < 1.29 is 61.4 Å². The number of nitrogens with zero attached hydrogens (tertiary/aromatic N) is 1. The molecule has 0 radical (unpaired) electrons. The van der Waals surface area contributed by atoms with Crippen LogP contribution in [0.25, 0.3) is 10.8 Å². The highest BCUT2D eigenvalue weighted by molar-refractivity contribution is 7.66. The maximum Gasteiger partial charge on any atom is 0.490 e. The molecule has 1 aliphatic rings. The van der Waals surface area contributed by atoms with Crippen molar-refractivity contribution in [2.75, 3.05) is 6.61 Å². The van der Waals surface area contributed by atoms with Gasteiger partial charge in [0.05, 0.1) is 6.61 Å². The fourth-order valence-corrected chi connectivity index (χ4v) is 6.20. The minimum Gasteiger partial charge on any atom is -0.387 e. The van der Waals surface area contributed by atoms with Crippen LogP contribution in [0, 0.1) is 0 Å². The lowest BCUT2D eigenvalue weighted by Crippen LogP contribution is -2.35. The third kappa shape index (κ3) is 6.57. The molecule has 0 amide bonds. The highest BCUT2D eigenvalue weighted by Gasteiger charge is 2.46. The summed E-state index contributed by atoms with van der Waals surface area (Å²) < 4.78 is 51.7. The van der Waals surface area contributed by atoms with Crippen LogP contribution in [0.15, 0.2) is 35.3 Å². The van der Waals surface area contributed by atoms with Crippen molar-refractivity contribution in [1.29, 1.82) is 0 Å². The largest absolute Gasteiger partial charge is 0.490 e. The second kappa shape index (κ2) is 9.57. The molecule has 1 aliphatic heterocycles. The predicted octanol–water partition coefficient (Wildman–Crippen LogP) is 0.617. The van der Waals surface area contributed by atoms with Crippen LogP contribution >= 0.6 is 35.1 Å². The summed E-state index contributed by atoms with van der Waals surface area (Å²) in [4.78, 5) is 48.4. The molecule has 1 aromatic carbocycles. The molecule has 0 spiro atoms. The third-order valence-electron chi connectivity index (χ3n) is 4.32. The van der Waals surface area contributed by atoms with Gasteiger partial charge in [-0.05, 0) is 23.6 Å². The van der Waals surface area contributed by atoms with Gasteiger partial charge in [-0.2, -0.15) is 8.62 Å². The molecule has 15 nitrogen and oxygen atoms in total. The first-order valence-corrected chi connectivity index (χ1v) is 13.6. The molecule has 3 rings (SSSR count). The lowest BCUT2D eigenvalue weighted by atomic mass is 10.1. The molecule has 0 aliphatic carbocycles. The number of rotatable bonds is 8. The molecule has 2 aromatic rings. The number of aliphatic hydroxyl groups excluding tert-OH is 2. The zero-order valence-electron chi connectivity index (χ0n) is 16.0. The van der Waals surface area contributed by atoms with Gasteiger partial charge < -0.3 is 34.5 Å². The third-order valence-corrected chi connectivity index (χ3v) is 8.36. The summed E-state index contributed by atoms with van der Waals surface area (Å²) >= 11 is 5.91. The SMILES string of the molecule is O=c1c2cc(Cl)ccc2ccn1[C@@H]1O[C@H](COP(=O)(O)OP(=O)(O)OP(=O)(O)O)[C@@H](O)[C@H]1O. The zero-order chi connectivity index (χ0) is 24.8. The Morgan fingerprint density at radius 3 is 2.30 bits per heavy atom. The summed E-state index contributed by atoms with van der Waals surface area (Å²) in [7, 11) is -16.8. The van der Waals surface area contributed by atoms with Crippen LogP contribution in [0.3, 0.4) is 0 Å². The molecule has 0 saturated carbocycles. The van der Waals surface area contributed by atoms with E-state index in [0.29, 0.717) is 5.39 Å². The van der Waals surface area contributed by atoms with E-state index in [-0.39, 0.29) is 10.4 Å². The number of phosphoric acid groups is 3. The molecule has 184 valence electrons. The summed E-state index contributed by atoms with van der Waals surface area (Å²) in [5, 5.41) is 21.5. The van der Waals surface area contributed by atoms with Gasteiger partial charge in [-0.3, -0.25) is 13.9 Å². The minimum atomic E-state index is -5.73. The molecule has 1 aromatic heterocycles. The Balaban J connectivity index is 1.74. The zero-order valence-corrected chi connectivity index (χ0v) is 19.5. The molecule has 19 heteroatoms. The van der Waals surface area contributed by atoms with Gasteiger partial charge in [0.1, 0.15) is 18.3 Å². The first kappa shape index (κ1) is 26.6. The summed E-state index contributed by atoms with van der Waals surface area (Å²) in [6.45, 7) is -1.01. The molecule has 1 saturated heterocycles. The normalized spacial score (nSPS) is 27.4. The summed E-state index contributed by atoms with van der Waals surface area (Å²) in [6.07, 6.45) is -5.15. The smallest absolute Gasteiger partial charge is 0.387 e. The number of fused-ring (bicyclic) bond motifs is 1. The van der Waals surface area contributed by atoms with Gasteiger partial charge in [0, 0.05) is 16.6 Å². The van der Waals surface area contributed by atoms with Gasteiger partial charge in [0.25, 0.3) is 5.56 Å². The Morgan fingerprint density at radius 2 is 1.67 bits per heavy atom. The summed E-state index contributed by atoms with van der Waals surface area (Å²) in [6, 6.07) is 6.07. The van der Waals surface area contributed by atoms with Crippen molar-refractivity contribution in [2.45, 2.75) is 24.5 Å². The first-order chi connectivity index (χ1) is 15.1. The van der Waals surface area contributed by atoms with Crippen LogP contribution < -0.4 is 5.56 Å². The summed E-state index contributed by atoms with van der Waals surface area (Å²) in [5.41, 5.74) is -0.625. The average molecular weight is 552 g/mol. The Hall–Kier alpha value is -0.990. The predicted molar refractivity (Wildman–Crippen MR) is 109 cm³/mol. The van der Waals surface area contributed by atoms with Crippen LogP contribution in [0.4, 0.5) is 0 Å². The number of halogens is 1. The number of hydrogen-bond donors (Lipinski definition) is 6. The molecule has 1 fully saturated rings. The number of phosphoric ester groups is 1. The van der Waals surface area contributed by atoms with E-state index in [1.807, 2.05) is 0 Å². The lowest BCUT2D eigenvalue weighted by molar-refractivity contribution is -0.0533. The van der Waals surface area contributed by atoms with Crippen molar-refractivity contribution in [3.8, 4) is 0 Å². The van der Waals surface area contributed by atoms with Crippen LogP contribution in [-0.4, -0.2) is 59.3 Å². The van der Waals surface area contributed by atoms with E-state index in [4.69, 9.17) is 31.0 Å². The number of benzene rings is 1. The van der Waals surface area contributed by atoms with E-state index in [9.17, 15) is 33.6 Å². The van der Waals surface area contributed by atoms with Crippen molar-refractivity contribution in [2.24, 2.45) is 0 Å². The molecule has 6 atom stereocenters. The monoisotopic (exact) mass is 551 g/mol. The van der Waals surface area contributed by atoms with Gasteiger partial charge in [0.2, 0.25) is 0 Å². The van der Waals surface area contributed by atoms with Gasteiger partial charge in [-0.15, -0.1) is 0 Å². The number of ether oxygens (including phenoxy) is 1. The fraction of sp³-hybridized carbons (Fsp3) is 0.357. The van der Waals surface area contributed by atoms with Crippen LogP contribution in [0.2, 0.25) is 5.02 Å². The van der Waals surface area contributed by atoms with Gasteiger partial charge in [-0.1, -0.05) is 17.7 Å². The van der Waals surface area contributed by atoms with Gasteiger partial charge in [-0.25, -0.2) is 13.7 Å². The Bertz CT molecular complexity index is 1250. The van der Waals surface area contributed by atoms with E-state index >= 15 is 0 Å². The van der Waals surface area contributed by atoms with E-state index < -0.39 is 60.2 Å². The maximum absolute atomic E-state index is 12.8. The minimum absolute atomic E-state index is 0.187. The number of aromatic nitrogens is 1. The lowest BCUT2D eigenvalue weighted by Gasteiger charge is -2.19. The molecule has 0 bridgehead atoms. The Morgan fingerprint density at radius 1 is 1.00 bits per heavy atom. The quantitative estimate of drug-likeness (QED) is 0.247. The maximum atomic E-state index is 12.8. The fourth-order valence-electron chi connectivity index (χ4n) is 2.99. The van der Waals surface area contributed by atoms with Crippen molar-refractivity contribution in [3.63, 3.8) is 0 Å². The molecule has 6 N–H and O–H groups in total. The first-order valence-electron chi connectivity index (χ1n) is 8.69. The number of pyridine rings is 1. The van der Waals surface area contributed by atoms with Crippen molar-refractivity contribution in [3.05, 3.63) is 45.8 Å². The van der Waals surface area contributed by atoms with Gasteiger partial charge in [0.15, 0.2) is 6.23 Å². The molecular formula is C14H17ClNO14P3. The van der Waals surface area contributed by atoms with Crippen LogP contribution in [-0.2, 0) is 31.6 Å². The molecule has 2 heterocycles. The van der Waals surface area contributed by atoms with Crippen LogP contribution in [0.5, 0.6) is 0 Å². The van der Waals surface area contributed by atoms with E-state index in [1.54, 1.807) is 12.1 Å². The number of hydrogen-bond acceptors (Lipinski definition) is 10.